The van der Waals surface area contributed by atoms with Crippen molar-refractivity contribution in [3.05, 3.63) is 150 Å². The molecule has 290 valence electrons. The smallest absolute Gasteiger partial charge is 0.340 e. The van der Waals surface area contributed by atoms with Crippen LogP contribution in [-0.2, 0) is 18.9 Å². The second-order valence-corrected chi connectivity index (χ2v) is 14.7. The molecule has 4 aromatic carbocycles. The van der Waals surface area contributed by atoms with E-state index in [1.54, 1.807) is 30.3 Å². The molecule has 0 aliphatic carbocycles. The molecule has 7 rings (SSSR count). The normalized spacial score (nSPS) is 17.6. The average molecular weight is 890 g/mol. The number of amides is 1. The maximum absolute atomic E-state index is 13.8. The highest BCUT2D eigenvalue weighted by molar-refractivity contribution is 6.37. The molecule has 0 spiro atoms. The lowest BCUT2D eigenvalue weighted by Gasteiger charge is -2.25. The number of aromatic nitrogens is 4. The molecule has 0 bridgehead atoms. The minimum Gasteiger partial charge on any atom is -0.459 e. The zero-order valence-corrected chi connectivity index (χ0v) is 33.1. The third kappa shape index (κ3) is 8.80. The number of carbonyl (C=O) groups is 4. The van der Waals surface area contributed by atoms with Crippen molar-refractivity contribution in [3.63, 3.8) is 0 Å². The highest BCUT2D eigenvalue weighted by Gasteiger charge is 2.52. The number of halogens is 6. The van der Waals surface area contributed by atoms with Crippen LogP contribution in [0, 0.1) is 0 Å². The molecule has 19 heteroatoms. The van der Waals surface area contributed by atoms with Crippen LogP contribution in [-0.4, -0.2) is 68.3 Å². The number of nitrogens with one attached hydrogen (secondary N) is 1. The monoisotopic (exact) mass is 887 g/mol. The van der Waals surface area contributed by atoms with Gasteiger partial charge in [0.2, 0.25) is 0 Å². The number of fused-ring (bicyclic) bond motifs is 1. The lowest BCUT2D eigenvalue weighted by atomic mass is 10.1. The van der Waals surface area contributed by atoms with Crippen molar-refractivity contribution in [2.75, 3.05) is 11.9 Å². The molecule has 1 saturated heterocycles. The van der Waals surface area contributed by atoms with Crippen molar-refractivity contribution >= 4 is 110 Å². The minimum atomic E-state index is -1.52. The van der Waals surface area contributed by atoms with Crippen LogP contribution >= 0.6 is 69.6 Å². The first-order valence-corrected chi connectivity index (χ1v) is 18.8. The largest absolute Gasteiger partial charge is 0.459 e. The Balaban J connectivity index is 1.28. The van der Waals surface area contributed by atoms with Gasteiger partial charge in [-0.2, -0.15) is 0 Å². The van der Waals surface area contributed by atoms with Crippen LogP contribution < -0.4 is 5.32 Å². The predicted octanol–water partition coefficient (Wildman–Crippen LogP) is 9.20. The number of carbonyl (C=O) groups excluding carboxylic acids is 4. The molecule has 2 aromatic heterocycles. The number of ether oxygens (including phenoxy) is 4. The Hall–Kier alpha value is -4.99. The van der Waals surface area contributed by atoms with Gasteiger partial charge in [0.15, 0.2) is 35.4 Å². The molecule has 0 saturated carbocycles. The molecule has 1 fully saturated rings. The van der Waals surface area contributed by atoms with Crippen molar-refractivity contribution in [1.29, 1.82) is 0 Å². The molecule has 0 radical (unpaired) electrons. The van der Waals surface area contributed by atoms with Gasteiger partial charge in [0.1, 0.15) is 19.0 Å². The average Bonchev–Trinajstić information content (AvgIpc) is 3.75. The van der Waals surface area contributed by atoms with Gasteiger partial charge in [0.25, 0.3) is 5.91 Å². The van der Waals surface area contributed by atoms with E-state index >= 15 is 0 Å². The van der Waals surface area contributed by atoms with Gasteiger partial charge >= 0.3 is 17.9 Å². The standard InChI is InChI=1S/C38H23Cl6N5O8/c39-19-6-9-22(25(42)12-19)36(51)54-15-28-30(56-37(52)23-10-7-20(40)13-26(23)43)31(57-38(53)24-11-8-21(41)14-27(24)44)35(55-28)49-17-47-29-32(45-16-46-33(29)49)48-34(50)18-4-2-1-3-5-18/h1-14,16-17,28,30-31,35H,15H2,(H,45,46,48,50)/t28-,30+,31-,35-/m1/s1. The maximum atomic E-state index is 13.8. The topological polar surface area (TPSA) is 161 Å². The van der Waals surface area contributed by atoms with Gasteiger partial charge < -0.3 is 24.3 Å². The molecule has 1 amide bonds. The van der Waals surface area contributed by atoms with Gasteiger partial charge in [0, 0.05) is 20.6 Å². The second-order valence-electron chi connectivity index (χ2n) is 12.1. The number of nitrogens with zero attached hydrogens (tertiary/aromatic N) is 4. The molecule has 0 unspecified atom stereocenters. The van der Waals surface area contributed by atoms with E-state index in [-0.39, 0.29) is 63.8 Å². The van der Waals surface area contributed by atoms with E-state index in [0.29, 0.717) is 5.56 Å². The van der Waals surface area contributed by atoms with E-state index in [9.17, 15) is 19.2 Å². The molecular weight excluding hydrogens is 867 g/mol. The fourth-order valence-corrected chi connectivity index (χ4v) is 7.26. The summed E-state index contributed by atoms with van der Waals surface area (Å²) in [5.74, 6) is -3.20. The number of imidazole rings is 1. The molecule has 13 nitrogen and oxygen atoms in total. The summed E-state index contributed by atoms with van der Waals surface area (Å²) in [5, 5.41) is 3.47. The lowest BCUT2D eigenvalue weighted by molar-refractivity contribution is -0.0606. The van der Waals surface area contributed by atoms with Crippen LogP contribution in [0.4, 0.5) is 5.82 Å². The molecule has 1 aliphatic rings. The first-order valence-electron chi connectivity index (χ1n) is 16.5. The van der Waals surface area contributed by atoms with E-state index in [4.69, 9.17) is 88.6 Å². The van der Waals surface area contributed by atoms with Gasteiger partial charge in [-0.3, -0.25) is 9.36 Å². The van der Waals surface area contributed by atoms with Gasteiger partial charge in [-0.1, -0.05) is 87.8 Å². The predicted molar refractivity (Wildman–Crippen MR) is 212 cm³/mol. The molecule has 57 heavy (non-hydrogen) atoms. The Kier molecular flexibility index (Phi) is 12.2. The lowest BCUT2D eigenvalue weighted by Crippen LogP contribution is -2.41. The Morgan fingerprint density at radius 3 is 1.77 bits per heavy atom. The summed E-state index contributed by atoms with van der Waals surface area (Å²) in [6, 6.07) is 20.9. The molecule has 1 aliphatic heterocycles. The van der Waals surface area contributed by atoms with Crippen LogP contribution in [0.25, 0.3) is 11.2 Å². The van der Waals surface area contributed by atoms with Crippen LogP contribution in [0.1, 0.15) is 47.7 Å². The van der Waals surface area contributed by atoms with E-state index in [1.165, 1.54) is 71.8 Å². The number of anilines is 1. The van der Waals surface area contributed by atoms with E-state index in [1.807, 2.05) is 0 Å². The quantitative estimate of drug-likeness (QED) is 0.103. The zero-order valence-electron chi connectivity index (χ0n) is 28.6. The molecule has 1 N–H and O–H groups in total. The van der Waals surface area contributed by atoms with Gasteiger partial charge in [-0.15, -0.1) is 0 Å². The van der Waals surface area contributed by atoms with Crippen LogP contribution in [0.15, 0.2) is 97.6 Å². The third-order valence-electron chi connectivity index (χ3n) is 8.50. The summed E-state index contributed by atoms with van der Waals surface area (Å²) in [6.45, 7) is -0.559. The molecule has 6 aromatic rings. The summed E-state index contributed by atoms with van der Waals surface area (Å²) < 4.78 is 25.5. The van der Waals surface area contributed by atoms with E-state index in [0.717, 1.165) is 0 Å². The van der Waals surface area contributed by atoms with Gasteiger partial charge in [0.05, 0.1) is 38.1 Å². The number of hydrogen-bond donors (Lipinski definition) is 1. The summed E-state index contributed by atoms with van der Waals surface area (Å²) in [7, 11) is 0. The van der Waals surface area contributed by atoms with Crippen molar-refractivity contribution in [2.24, 2.45) is 0 Å². The fourth-order valence-electron chi connectivity index (χ4n) is 5.81. The maximum Gasteiger partial charge on any atom is 0.340 e. The van der Waals surface area contributed by atoms with Crippen LogP contribution in [0.2, 0.25) is 30.1 Å². The van der Waals surface area contributed by atoms with Gasteiger partial charge in [-0.25, -0.2) is 29.3 Å². The number of esters is 3. The van der Waals surface area contributed by atoms with Crippen molar-refractivity contribution in [2.45, 2.75) is 24.5 Å². The Morgan fingerprint density at radius 1 is 0.667 bits per heavy atom. The Bertz CT molecular complexity index is 2540. The van der Waals surface area contributed by atoms with Crippen molar-refractivity contribution in [1.82, 2.24) is 19.5 Å². The van der Waals surface area contributed by atoms with Crippen molar-refractivity contribution in [3.8, 4) is 0 Å². The second kappa shape index (κ2) is 17.2. The van der Waals surface area contributed by atoms with E-state index < -0.39 is 55.0 Å². The van der Waals surface area contributed by atoms with Crippen molar-refractivity contribution < 1.29 is 38.1 Å². The van der Waals surface area contributed by atoms with E-state index in [2.05, 4.69) is 20.3 Å². The highest BCUT2D eigenvalue weighted by atomic mass is 35.5. The van der Waals surface area contributed by atoms with Crippen LogP contribution in [0.5, 0.6) is 0 Å². The zero-order chi connectivity index (χ0) is 40.4. The molecular formula is C38H23Cl6N5O8. The molecule has 4 atom stereocenters. The number of hydrogen-bond acceptors (Lipinski definition) is 11. The summed E-state index contributed by atoms with van der Waals surface area (Å²) in [4.78, 5) is 67.0. The third-order valence-corrected chi connectivity index (χ3v) is 10.1. The summed E-state index contributed by atoms with van der Waals surface area (Å²) in [5.41, 5.74) is 0.420. The number of rotatable bonds is 10. The Labute approximate surface area is 352 Å². The first-order chi connectivity index (χ1) is 27.4. The minimum absolute atomic E-state index is 0.0140. The Morgan fingerprint density at radius 2 is 1.21 bits per heavy atom. The highest BCUT2D eigenvalue weighted by Crippen LogP contribution is 2.38. The fraction of sp³-hybridized carbons (Fsp3) is 0.132. The summed E-state index contributed by atoms with van der Waals surface area (Å²) in [6.07, 6.45) is -3.24. The SMILES string of the molecule is O=C(Nc1ncnc2c1ncn2[C@@H]1O[C@H](COC(=O)c2ccc(Cl)cc2Cl)[C@H](OC(=O)c2ccc(Cl)cc2Cl)[C@H]1OC(=O)c1ccc(Cl)cc1Cl)c1ccccc1. The van der Waals surface area contributed by atoms with Crippen LogP contribution in [0.3, 0.4) is 0 Å². The summed E-state index contributed by atoms with van der Waals surface area (Å²) >= 11 is 37.2. The van der Waals surface area contributed by atoms with Gasteiger partial charge in [-0.05, 0) is 66.7 Å². The molecule has 3 heterocycles. The first kappa shape index (κ1) is 40.2. The number of benzene rings is 4.